The zero-order valence-electron chi connectivity index (χ0n) is 6.17. The molecule has 0 amide bonds. The Hall–Kier alpha value is 1.98. The van der Waals surface area contributed by atoms with Gasteiger partial charge < -0.3 is 0 Å². The molecular weight excluding hydrogens is 422 g/mol. The monoisotopic (exact) mass is 426 g/mol. The maximum Gasteiger partial charge on any atom is 0.162 e. The van der Waals surface area contributed by atoms with Gasteiger partial charge in [0.2, 0.25) is 0 Å². The first-order chi connectivity index (χ1) is 5.42. The Balaban J connectivity index is -0.000000105. The lowest BCUT2D eigenvalue weighted by Crippen LogP contribution is -1.85. The predicted molar refractivity (Wildman–Crippen MR) is 68.5 cm³/mol. The average Bonchev–Trinajstić information content (AvgIpc) is 1.88. The number of carbonyl (C=O) groups excluding carboxylic acids is 1. The minimum Gasteiger partial charge on any atom is -0.299 e. The fourth-order valence-electron chi connectivity index (χ4n) is 0. The smallest absolute Gasteiger partial charge is 0.162 e. The van der Waals surface area contributed by atoms with Gasteiger partial charge in [0.25, 0.3) is 0 Å². The molecule has 12 heavy (non-hydrogen) atoms. The van der Waals surface area contributed by atoms with Crippen LogP contribution < -0.4 is 0 Å². The van der Waals surface area contributed by atoms with E-state index in [0.717, 1.165) is 0 Å². The molecule has 0 atom stereocenters. The Morgan fingerprint density at radius 1 is 1.42 bits per heavy atom. The fraction of sp³-hybridized carbons (Fsp3) is 0.800. The third-order valence-corrected chi connectivity index (χ3v) is 0.978. The van der Waals surface area contributed by atoms with E-state index in [9.17, 15) is 4.79 Å². The van der Waals surface area contributed by atoms with Crippen molar-refractivity contribution in [2.24, 2.45) is 0 Å². The summed E-state index contributed by atoms with van der Waals surface area (Å²) in [6, 6.07) is 0. The van der Waals surface area contributed by atoms with Crippen LogP contribution in [0.15, 0.2) is 0 Å². The van der Waals surface area contributed by atoms with E-state index in [2.05, 4.69) is 47.8 Å². The van der Waals surface area contributed by atoms with Crippen LogP contribution in [0.5, 0.6) is 0 Å². The van der Waals surface area contributed by atoms with Crippen LogP contribution >= 0.6 is 82.6 Å². The van der Waals surface area contributed by atoms with Gasteiger partial charge >= 0.3 is 0 Å². The molecule has 0 N–H and O–H groups in total. The van der Waals surface area contributed by atoms with Gasteiger partial charge in [0.1, 0.15) is 5.78 Å². The molecular formula is C5H8Br3Cl3O. The molecule has 0 heterocycles. The molecule has 0 unspecified atom stereocenters. The Morgan fingerprint density at radius 3 is 1.50 bits per heavy atom. The van der Waals surface area contributed by atoms with E-state index >= 15 is 0 Å². The molecule has 0 aromatic heterocycles. The van der Waals surface area contributed by atoms with Crippen molar-refractivity contribution in [3.8, 4) is 0 Å². The summed E-state index contributed by atoms with van der Waals surface area (Å²) >= 11 is 23.5. The average molecular weight is 430 g/mol. The van der Waals surface area contributed by atoms with Gasteiger partial charge in [0, 0.05) is 0 Å². The van der Waals surface area contributed by atoms with Crippen molar-refractivity contribution in [1.29, 1.82) is 0 Å². The topological polar surface area (TPSA) is 17.1 Å². The van der Waals surface area contributed by atoms with E-state index in [1.54, 1.807) is 0 Å². The van der Waals surface area contributed by atoms with Crippen molar-refractivity contribution >= 4 is 88.4 Å². The Morgan fingerprint density at radius 2 is 1.50 bits per heavy atom. The number of hydrogen-bond donors (Lipinski definition) is 0. The van der Waals surface area contributed by atoms with E-state index in [4.69, 9.17) is 34.8 Å². The molecule has 0 aliphatic carbocycles. The van der Waals surface area contributed by atoms with E-state index in [-0.39, 0.29) is 5.78 Å². The van der Waals surface area contributed by atoms with E-state index in [1.807, 2.05) is 0 Å². The minimum atomic E-state index is -0.410. The summed E-state index contributed by atoms with van der Waals surface area (Å²) < 4.78 is -0.410. The van der Waals surface area contributed by atoms with Crippen molar-refractivity contribution in [2.75, 3.05) is 10.1 Å². The maximum absolute atomic E-state index is 9.77. The van der Waals surface area contributed by atoms with Crippen molar-refractivity contribution in [3.63, 3.8) is 0 Å². The molecule has 0 saturated carbocycles. The summed E-state index contributed by atoms with van der Waals surface area (Å²) in [4.78, 5) is 10.3. The molecule has 76 valence electrons. The predicted octanol–water partition coefficient (Wildman–Crippen LogP) is 4.69. The maximum atomic E-state index is 9.77. The molecule has 1 nitrogen and oxygen atoms in total. The van der Waals surface area contributed by atoms with Crippen LogP contribution in [0.1, 0.15) is 6.92 Å². The first kappa shape index (κ1) is 19.5. The molecule has 0 radical (unpaired) electrons. The Kier molecular flexibility index (Phi) is 30.5. The van der Waals surface area contributed by atoms with E-state index in [0.29, 0.717) is 10.1 Å². The highest BCUT2D eigenvalue weighted by atomic mass is 79.9. The highest BCUT2D eigenvalue weighted by Crippen LogP contribution is 2.07. The lowest BCUT2D eigenvalue weighted by molar-refractivity contribution is -0.114. The molecule has 0 aromatic rings. The zero-order chi connectivity index (χ0) is 10.6. The third-order valence-electron chi connectivity index (χ3n) is 0.188. The van der Waals surface area contributed by atoms with Gasteiger partial charge in [-0.1, -0.05) is 71.0 Å². The number of alkyl halides is 6. The number of hydrogen-bond acceptors (Lipinski definition) is 1. The van der Waals surface area contributed by atoms with Crippen LogP contribution in [0.25, 0.3) is 0 Å². The molecule has 0 aromatic carbocycles. The van der Waals surface area contributed by atoms with Gasteiger partial charge in [-0.15, -0.1) is 11.6 Å². The van der Waals surface area contributed by atoms with Crippen LogP contribution in [0.3, 0.4) is 0 Å². The molecule has 0 bridgehead atoms. The molecule has 0 aliphatic rings. The Bertz CT molecular complexity index is 89.3. The standard InChI is InChI=1S/C3H5BrO.CHBrCl2.CH2BrCl/c1-3(5)2-4;2-1(3)4;2-1-3/h2H2,1H3;1H;1H2. The largest absolute Gasteiger partial charge is 0.299 e. The van der Waals surface area contributed by atoms with E-state index < -0.39 is 3.75 Å². The number of halogens is 6. The van der Waals surface area contributed by atoms with Crippen molar-refractivity contribution in [1.82, 2.24) is 0 Å². The lowest BCUT2D eigenvalue weighted by Gasteiger charge is -1.69. The SMILES string of the molecule is CC(=O)CBr.ClC(Cl)Br.ClCBr. The second-order valence-electron chi connectivity index (χ2n) is 1.18. The van der Waals surface area contributed by atoms with Gasteiger partial charge in [-0.3, -0.25) is 4.79 Å². The first-order valence-corrected chi connectivity index (χ1v) is 7.08. The van der Waals surface area contributed by atoms with Crippen LogP contribution in [0.4, 0.5) is 0 Å². The molecule has 7 heteroatoms. The number of ketones is 1. The summed E-state index contributed by atoms with van der Waals surface area (Å²) in [6.07, 6.45) is 0. The molecule has 0 spiro atoms. The van der Waals surface area contributed by atoms with Gasteiger partial charge in [0.15, 0.2) is 3.75 Å². The molecule has 0 rings (SSSR count). The fourth-order valence-corrected chi connectivity index (χ4v) is 0. The van der Waals surface area contributed by atoms with Crippen LogP contribution in [0, 0.1) is 0 Å². The van der Waals surface area contributed by atoms with Gasteiger partial charge in [0.05, 0.1) is 10.1 Å². The van der Waals surface area contributed by atoms with Crippen LogP contribution in [-0.4, -0.2) is 19.6 Å². The second kappa shape index (κ2) is 18.7. The summed E-state index contributed by atoms with van der Waals surface area (Å²) in [5.41, 5.74) is 0. The van der Waals surface area contributed by atoms with Crippen molar-refractivity contribution in [3.05, 3.63) is 0 Å². The lowest BCUT2D eigenvalue weighted by atomic mass is 10.5. The molecule has 0 fully saturated rings. The number of rotatable bonds is 1. The summed E-state index contributed by atoms with van der Waals surface area (Å²) in [5, 5.41) is 0.479. The van der Waals surface area contributed by atoms with Crippen molar-refractivity contribution < 1.29 is 4.79 Å². The van der Waals surface area contributed by atoms with Crippen LogP contribution in [0.2, 0.25) is 0 Å². The van der Waals surface area contributed by atoms with Gasteiger partial charge in [-0.25, -0.2) is 0 Å². The zero-order valence-corrected chi connectivity index (χ0v) is 13.2. The summed E-state index contributed by atoms with van der Waals surface area (Å²) in [7, 11) is 0. The highest BCUT2D eigenvalue weighted by Gasteiger charge is 1.79. The van der Waals surface area contributed by atoms with Gasteiger partial charge in [-0.05, 0) is 6.92 Å². The Labute approximate surface area is 113 Å². The van der Waals surface area contributed by atoms with Crippen molar-refractivity contribution in [2.45, 2.75) is 10.7 Å². The third kappa shape index (κ3) is 91.2. The first-order valence-electron chi connectivity index (χ1n) is 2.51. The number of Topliss-reactive ketones (excluding diaryl/α,β-unsaturated/α-hetero) is 1. The quantitative estimate of drug-likeness (QED) is 0.552. The highest BCUT2D eigenvalue weighted by molar-refractivity contribution is 9.10. The summed E-state index contributed by atoms with van der Waals surface area (Å²) in [6.45, 7) is 1.54. The van der Waals surface area contributed by atoms with Crippen LogP contribution in [-0.2, 0) is 4.79 Å². The van der Waals surface area contributed by atoms with E-state index in [1.165, 1.54) is 6.92 Å². The second-order valence-corrected chi connectivity index (χ2v) is 6.28. The summed E-state index contributed by atoms with van der Waals surface area (Å²) in [5.74, 6) is 0.171. The van der Waals surface area contributed by atoms with Gasteiger partial charge in [-0.2, -0.15) is 0 Å². The minimum absolute atomic E-state index is 0.171. The molecule has 0 saturated heterocycles. The number of carbonyl (C=O) groups is 1. The normalized spacial score (nSPS) is 7.67. The molecule has 0 aliphatic heterocycles.